The lowest BCUT2D eigenvalue weighted by atomic mass is 10.0. The summed E-state index contributed by atoms with van der Waals surface area (Å²) >= 11 is 0. The molecule has 0 fully saturated rings. The van der Waals surface area contributed by atoms with Crippen molar-refractivity contribution in [2.45, 2.75) is 53.6 Å². The van der Waals surface area contributed by atoms with Crippen LogP contribution in [0.1, 0.15) is 47.5 Å². The number of guanidine groups is 1. The van der Waals surface area contributed by atoms with Crippen LogP contribution in [0.2, 0.25) is 0 Å². The Bertz CT molecular complexity index is 473. The summed E-state index contributed by atoms with van der Waals surface area (Å²) in [5.74, 6) is 1.38. The zero-order chi connectivity index (χ0) is 19.3. The SMILES string of the molecule is CCNC(=NCCCN(C)S(=O)(=O)CC)NCCC(OCC)C(C)C.I. The third kappa shape index (κ3) is 12.3. The van der Waals surface area contributed by atoms with Crippen molar-refractivity contribution in [3.63, 3.8) is 0 Å². The van der Waals surface area contributed by atoms with E-state index in [1.807, 2.05) is 13.8 Å². The lowest BCUT2D eigenvalue weighted by Gasteiger charge is -2.21. The van der Waals surface area contributed by atoms with Gasteiger partial charge in [0.1, 0.15) is 0 Å². The summed E-state index contributed by atoms with van der Waals surface area (Å²) in [5.41, 5.74) is 0. The van der Waals surface area contributed by atoms with Gasteiger partial charge in [-0.2, -0.15) is 0 Å². The molecule has 0 heterocycles. The molecular formula is C17H39IN4O3S. The smallest absolute Gasteiger partial charge is 0.213 e. The van der Waals surface area contributed by atoms with Gasteiger partial charge in [-0.15, -0.1) is 24.0 Å². The number of halogens is 1. The minimum Gasteiger partial charge on any atom is -0.378 e. The van der Waals surface area contributed by atoms with E-state index in [0.29, 0.717) is 25.4 Å². The van der Waals surface area contributed by atoms with E-state index < -0.39 is 10.0 Å². The van der Waals surface area contributed by atoms with Crippen LogP contribution < -0.4 is 10.6 Å². The number of rotatable bonds is 13. The minimum absolute atomic E-state index is 0. The summed E-state index contributed by atoms with van der Waals surface area (Å²) in [6.07, 6.45) is 1.86. The molecule has 0 radical (unpaired) electrons. The lowest BCUT2D eigenvalue weighted by molar-refractivity contribution is 0.0258. The van der Waals surface area contributed by atoms with E-state index in [4.69, 9.17) is 4.74 Å². The molecule has 1 atom stereocenters. The van der Waals surface area contributed by atoms with Crippen molar-refractivity contribution in [3.05, 3.63) is 0 Å². The number of hydrogen-bond acceptors (Lipinski definition) is 4. The maximum atomic E-state index is 11.7. The molecule has 2 N–H and O–H groups in total. The number of nitrogens with one attached hydrogen (secondary N) is 2. The highest BCUT2D eigenvalue weighted by atomic mass is 127. The number of hydrogen-bond donors (Lipinski definition) is 2. The quantitative estimate of drug-likeness (QED) is 0.173. The van der Waals surface area contributed by atoms with Crippen LogP contribution in [0.3, 0.4) is 0 Å². The molecule has 0 rings (SSSR count). The van der Waals surface area contributed by atoms with E-state index >= 15 is 0 Å². The number of ether oxygens (including phenoxy) is 1. The first-order valence-electron chi connectivity index (χ1n) is 9.36. The zero-order valence-corrected chi connectivity index (χ0v) is 20.4. The molecule has 0 saturated heterocycles. The number of sulfonamides is 1. The molecule has 0 aromatic heterocycles. The first kappa shape index (κ1) is 28.1. The van der Waals surface area contributed by atoms with Gasteiger partial charge in [0.2, 0.25) is 10.0 Å². The summed E-state index contributed by atoms with van der Waals surface area (Å²) in [4.78, 5) is 4.51. The third-order valence-electron chi connectivity index (χ3n) is 3.93. The molecule has 0 aliphatic carbocycles. The summed E-state index contributed by atoms with van der Waals surface area (Å²) < 4.78 is 30.5. The van der Waals surface area contributed by atoms with Crippen LogP contribution >= 0.6 is 24.0 Å². The Labute approximate surface area is 177 Å². The average Bonchev–Trinajstić information content (AvgIpc) is 2.57. The molecule has 26 heavy (non-hydrogen) atoms. The highest BCUT2D eigenvalue weighted by Gasteiger charge is 2.14. The number of aliphatic imine (C=N–C) groups is 1. The van der Waals surface area contributed by atoms with Gasteiger partial charge in [-0.05, 0) is 39.5 Å². The van der Waals surface area contributed by atoms with E-state index in [9.17, 15) is 8.42 Å². The van der Waals surface area contributed by atoms with Gasteiger partial charge in [-0.3, -0.25) is 4.99 Å². The second kappa shape index (κ2) is 15.9. The Morgan fingerprint density at radius 3 is 2.35 bits per heavy atom. The fourth-order valence-corrected chi connectivity index (χ4v) is 3.19. The molecule has 0 aliphatic heterocycles. The van der Waals surface area contributed by atoms with Crippen LogP contribution in [0.25, 0.3) is 0 Å². The fraction of sp³-hybridized carbons (Fsp3) is 0.941. The molecule has 0 aromatic carbocycles. The number of nitrogens with zero attached hydrogens (tertiary/aromatic N) is 2. The van der Waals surface area contributed by atoms with Gasteiger partial charge in [0.05, 0.1) is 11.9 Å². The van der Waals surface area contributed by atoms with Crippen LogP contribution in [0, 0.1) is 5.92 Å². The first-order valence-corrected chi connectivity index (χ1v) is 11.0. The molecule has 0 amide bonds. The van der Waals surface area contributed by atoms with Crippen LogP contribution in [0.5, 0.6) is 0 Å². The maximum absolute atomic E-state index is 11.7. The normalized spacial score (nSPS) is 13.6. The summed E-state index contributed by atoms with van der Waals surface area (Å²) in [6, 6.07) is 0. The molecule has 9 heteroatoms. The Morgan fingerprint density at radius 2 is 1.85 bits per heavy atom. The van der Waals surface area contributed by atoms with Crippen molar-refractivity contribution in [1.29, 1.82) is 0 Å². The van der Waals surface area contributed by atoms with Gasteiger partial charge >= 0.3 is 0 Å². The standard InChI is InChI=1S/C17H38N4O3S.HI/c1-7-18-17(20-13-11-16(15(4)5)24-8-2)19-12-10-14-21(6)25(22,23)9-3;/h15-16H,7-14H2,1-6H3,(H2,18,19,20);1H. The second-order valence-corrected chi connectivity index (χ2v) is 8.65. The highest BCUT2D eigenvalue weighted by molar-refractivity contribution is 14.0. The van der Waals surface area contributed by atoms with Crippen molar-refractivity contribution < 1.29 is 13.2 Å². The van der Waals surface area contributed by atoms with Gasteiger partial charge in [0.15, 0.2) is 5.96 Å². The lowest BCUT2D eigenvalue weighted by Crippen LogP contribution is -2.39. The Kier molecular flexibility index (Phi) is 17.2. The van der Waals surface area contributed by atoms with E-state index in [0.717, 1.165) is 32.1 Å². The van der Waals surface area contributed by atoms with Crippen molar-refractivity contribution in [3.8, 4) is 0 Å². The molecule has 0 spiro atoms. The van der Waals surface area contributed by atoms with E-state index in [-0.39, 0.29) is 35.8 Å². The van der Waals surface area contributed by atoms with Crippen LogP contribution in [-0.4, -0.2) is 70.4 Å². The van der Waals surface area contributed by atoms with Crippen molar-refractivity contribution >= 4 is 40.0 Å². The maximum Gasteiger partial charge on any atom is 0.213 e. The minimum atomic E-state index is -3.11. The first-order chi connectivity index (χ1) is 11.8. The zero-order valence-electron chi connectivity index (χ0n) is 17.2. The fourth-order valence-electron chi connectivity index (χ4n) is 2.34. The van der Waals surface area contributed by atoms with E-state index in [1.54, 1.807) is 14.0 Å². The van der Waals surface area contributed by atoms with E-state index in [1.165, 1.54) is 4.31 Å². The van der Waals surface area contributed by atoms with Gasteiger partial charge in [0, 0.05) is 39.8 Å². The van der Waals surface area contributed by atoms with Crippen LogP contribution in [-0.2, 0) is 14.8 Å². The topological polar surface area (TPSA) is 83.0 Å². The predicted octanol–water partition coefficient (Wildman–Crippen LogP) is 2.28. The van der Waals surface area contributed by atoms with Crippen LogP contribution in [0.15, 0.2) is 4.99 Å². The Balaban J connectivity index is 0. The van der Waals surface area contributed by atoms with Crippen molar-refractivity contribution in [1.82, 2.24) is 14.9 Å². The van der Waals surface area contributed by atoms with Crippen molar-refractivity contribution in [2.24, 2.45) is 10.9 Å². The largest absolute Gasteiger partial charge is 0.378 e. The second-order valence-electron chi connectivity index (χ2n) is 6.29. The molecule has 0 aliphatic rings. The molecule has 0 aromatic rings. The summed E-state index contributed by atoms with van der Waals surface area (Å²) in [5, 5.41) is 6.53. The van der Waals surface area contributed by atoms with Crippen LogP contribution in [0.4, 0.5) is 0 Å². The van der Waals surface area contributed by atoms with Gasteiger partial charge in [0.25, 0.3) is 0 Å². The summed E-state index contributed by atoms with van der Waals surface area (Å²) in [6.45, 7) is 13.4. The summed E-state index contributed by atoms with van der Waals surface area (Å²) in [7, 11) is -1.49. The molecule has 1 unspecified atom stereocenters. The molecule has 0 saturated carbocycles. The average molecular weight is 506 g/mol. The Morgan fingerprint density at radius 1 is 1.19 bits per heavy atom. The molecule has 7 nitrogen and oxygen atoms in total. The third-order valence-corrected chi connectivity index (χ3v) is 5.79. The highest BCUT2D eigenvalue weighted by Crippen LogP contribution is 2.09. The Hall–Kier alpha value is -0.130. The van der Waals surface area contributed by atoms with Gasteiger partial charge in [-0.25, -0.2) is 12.7 Å². The van der Waals surface area contributed by atoms with Gasteiger partial charge in [-0.1, -0.05) is 13.8 Å². The van der Waals surface area contributed by atoms with Gasteiger partial charge < -0.3 is 15.4 Å². The predicted molar refractivity (Wildman–Crippen MR) is 121 cm³/mol. The molecule has 0 bridgehead atoms. The van der Waals surface area contributed by atoms with Crippen molar-refractivity contribution in [2.75, 3.05) is 45.6 Å². The molecular weight excluding hydrogens is 467 g/mol. The molecule has 158 valence electrons. The van der Waals surface area contributed by atoms with E-state index in [2.05, 4.69) is 29.5 Å². The monoisotopic (exact) mass is 506 g/mol.